The fraction of sp³-hybridized carbons (Fsp3) is 0.118. The second-order valence-electron chi connectivity index (χ2n) is 5.21. The molecule has 0 aliphatic rings. The van der Waals surface area contributed by atoms with Gasteiger partial charge in [0.05, 0.1) is 24.0 Å². The molecule has 0 radical (unpaired) electrons. The fourth-order valence-corrected chi connectivity index (χ4v) is 3.96. The van der Waals surface area contributed by atoms with Crippen LogP contribution in [0.2, 0.25) is 0 Å². The van der Waals surface area contributed by atoms with E-state index in [4.69, 9.17) is 4.74 Å². The van der Waals surface area contributed by atoms with Crippen LogP contribution < -0.4 is 9.04 Å². The summed E-state index contributed by atoms with van der Waals surface area (Å²) in [5, 5.41) is 0.761. The number of nitrogens with zero attached hydrogens (tertiary/aromatic N) is 1. The highest BCUT2D eigenvalue weighted by Gasteiger charge is 2.26. The molecule has 6 nitrogen and oxygen atoms in total. The minimum absolute atomic E-state index is 0.0779. The molecule has 0 spiro atoms. The van der Waals surface area contributed by atoms with E-state index in [-0.39, 0.29) is 10.6 Å². The number of anilines is 1. The Morgan fingerprint density at radius 2 is 1.88 bits per heavy atom. The van der Waals surface area contributed by atoms with Gasteiger partial charge in [0, 0.05) is 12.4 Å². The Morgan fingerprint density at radius 3 is 2.58 bits per heavy atom. The molecular weight excluding hydrogens is 328 g/mol. The monoisotopic (exact) mass is 344 g/mol. The Bertz CT molecular complexity index is 1010. The molecule has 3 aromatic rings. The predicted octanol–water partition coefficient (Wildman–Crippen LogP) is 2.81. The number of benzene rings is 2. The molecule has 124 valence electrons. The van der Waals surface area contributed by atoms with Gasteiger partial charge in [-0.25, -0.2) is 8.42 Å². The zero-order chi connectivity index (χ0) is 17.3. The van der Waals surface area contributed by atoms with Gasteiger partial charge in [0.25, 0.3) is 10.0 Å². The van der Waals surface area contributed by atoms with Crippen molar-refractivity contribution in [2.24, 2.45) is 0 Å². The summed E-state index contributed by atoms with van der Waals surface area (Å²) in [6.07, 6.45) is 0.693. The molecule has 0 amide bonds. The number of carbonyl (C=O) groups excluding carboxylic acids is 1. The summed E-state index contributed by atoms with van der Waals surface area (Å²) < 4.78 is 32.3. The molecule has 1 heterocycles. The standard InChI is InChI=1S/C17H16N2O4S/c1-19(24(21,22)16-9-4-3-8-15(16)23-2)14-7-5-6-12-10-13(11-20)18-17(12)14/h3-11,18H,1-2H3. The number of aromatic amines is 1. The maximum atomic E-state index is 13.0. The molecule has 0 aliphatic heterocycles. The highest BCUT2D eigenvalue weighted by Crippen LogP contribution is 2.32. The van der Waals surface area contributed by atoms with Crippen LogP contribution in [-0.2, 0) is 10.0 Å². The Morgan fingerprint density at radius 1 is 1.12 bits per heavy atom. The van der Waals surface area contributed by atoms with Gasteiger partial charge in [-0.2, -0.15) is 0 Å². The first-order valence-corrected chi connectivity index (χ1v) is 8.62. The van der Waals surface area contributed by atoms with Crippen molar-refractivity contribution >= 4 is 32.9 Å². The van der Waals surface area contributed by atoms with Crippen LogP contribution in [0, 0.1) is 0 Å². The predicted molar refractivity (Wildman–Crippen MR) is 92.3 cm³/mol. The first kappa shape index (κ1) is 16.1. The third-order valence-electron chi connectivity index (χ3n) is 3.83. The number of methoxy groups -OCH3 is 1. The third-order valence-corrected chi connectivity index (χ3v) is 5.64. The van der Waals surface area contributed by atoms with Crippen LogP contribution >= 0.6 is 0 Å². The molecule has 0 atom stereocenters. The Labute approximate surface area is 139 Å². The van der Waals surface area contributed by atoms with Gasteiger partial charge in [0.1, 0.15) is 10.6 Å². The van der Waals surface area contributed by atoms with Crippen molar-refractivity contribution in [2.45, 2.75) is 4.90 Å². The van der Waals surface area contributed by atoms with E-state index in [1.165, 1.54) is 24.5 Å². The number of aldehydes is 1. The van der Waals surface area contributed by atoms with Crippen molar-refractivity contribution in [3.8, 4) is 5.75 Å². The average molecular weight is 344 g/mol. The Hall–Kier alpha value is -2.80. The van der Waals surface area contributed by atoms with Gasteiger partial charge in [-0.1, -0.05) is 24.3 Å². The molecule has 0 unspecified atom stereocenters. The summed E-state index contributed by atoms with van der Waals surface area (Å²) in [6, 6.07) is 13.4. The number of nitrogens with one attached hydrogen (secondary N) is 1. The van der Waals surface area contributed by atoms with Gasteiger partial charge in [-0.3, -0.25) is 9.10 Å². The van der Waals surface area contributed by atoms with Gasteiger partial charge in [-0.15, -0.1) is 0 Å². The summed E-state index contributed by atoms with van der Waals surface area (Å²) in [4.78, 5) is 14.0. The molecule has 1 N–H and O–H groups in total. The lowest BCUT2D eigenvalue weighted by Gasteiger charge is -2.21. The first-order valence-electron chi connectivity index (χ1n) is 7.18. The quantitative estimate of drug-likeness (QED) is 0.722. The molecule has 0 saturated heterocycles. The number of carbonyl (C=O) groups is 1. The van der Waals surface area contributed by atoms with Crippen molar-refractivity contribution < 1.29 is 17.9 Å². The summed E-state index contributed by atoms with van der Waals surface area (Å²) >= 11 is 0. The third kappa shape index (κ3) is 2.52. The van der Waals surface area contributed by atoms with Crippen molar-refractivity contribution in [3.05, 3.63) is 54.2 Å². The molecule has 0 fully saturated rings. The maximum absolute atomic E-state index is 13.0. The number of hydrogen-bond acceptors (Lipinski definition) is 4. The van der Waals surface area contributed by atoms with E-state index in [1.54, 1.807) is 36.4 Å². The molecule has 0 aliphatic carbocycles. The van der Waals surface area contributed by atoms with Crippen LogP contribution in [0.15, 0.2) is 53.4 Å². The maximum Gasteiger partial charge on any atom is 0.267 e. The second kappa shape index (κ2) is 6.01. The molecule has 0 bridgehead atoms. The number of sulfonamides is 1. The van der Waals surface area contributed by atoms with E-state index in [1.807, 2.05) is 6.07 Å². The van der Waals surface area contributed by atoms with E-state index < -0.39 is 10.0 Å². The molecule has 7 heteroatoms. The summed E-state index contributed by atoms with van der Waals surface area (Å²) in [6.45, 7) is 0. The zero-order valence-electron chi connectivity index (χ0n) is 13.2. The van der Waals surface area contributed by atoms with Crippen LogP contribution in [0.25, 0.3) is 10.9 Å². The summed E-state index contributed by atoms with van der Waals surface area (Å²) in [5.74, 6) is 0.275. The van der Waals surface area contributed by atoms with E-state index in [2.05, 4.69) is 4.98 Å². The number of fused-ring (bicyclic) bond motifs is 1. The van der Waals surface area contributed by atoms with Crippen molar-refractivity contribution in [2.75, 3.05) is 18.5 Å². The van der Waals surface area contributed by atoms with E-state index in [0.29, 0.717) is 23.2 Å². The SMILES string of the molecule is COc1ccccc1S(=O)(=O)N(C)c1cccc2cc(C=O)[nH]c12. The molecule has 2 aromatic carbocycles. The number of aromatic nitrogens is 1. The van der Waals surface area contributed by atoms with E-state index >= 15 is 0 Å². The Balaban J connectivity index is 2.16. The molecule has 1 aromatic heterocycles. The minimum atomic E-state index is -3.82. The average Bonchev–Trinajstić information content (AvgIpc) is 3.04. The topological polar surface area (TPSA) is 79.5 Å². The number of rotatable bonds is 5. The van der Waals surface area contributed by atoms with E-state index in [0.717, 1.165) is 5.39 Å². The van der Waals surface area contributed by atoms with Gasteiger partial charge in [0.2, 0.25) is 0 Å². The zero-order valence-corrected chi connectivity index (χ0v) is 14.0. The normalized spacial score (nSPS) is 11.4. The molecule has 3 rings (SSSR count). The van der Waals surface area contributed by atoms with Crippen LogP contribution in [0.1, 0.15) is 10.5 Å². The summed E-state index contributed by atoms with van der Waals surface area (Å²) in [7, 11) is -0.927. The Kier molecular flexibility index (Phi) is 4.02. The lowest BCUT2D eigenvalue weighted by atomic mass is 10.2. The number of para-hydroxylation sites is 2. The molecule has 24 heavy (non-hydrogen) atoms. The summed E-state index contributed by atoms with van der Waals surface area (Å²) in [5.41, 5.74) is 1.42. The van der Waals surface area contributed by atoms with Crippen molar-refractivity contribution in [1.29, 1.82) is 0 Å². The van der Waals surface area contributed by atoms with Crippen molar-refractivity contribution in [1.82, 2.24) is 4.98 Å². The highest BCUT2D eigenvalue weighted by atomic mass is 32.2. The number of hydrogen-bond donors (Lipinski definition) is 1. The van der Waals surface area contributed by atoms with Gasteiger partial charge in [0.15, 0.2) is 6.29 Å². The van der Waals surface area contributed by atoms with Gasteiger partial charge in [-0.05, 0) is 24.3 Å². The van der Waals surface area contributed by atoms with Gasteiger partial charge >= 0.3 is 0 Å². The largest absolute Gasteiger partial charge is 0.495 e. The minimum Gasteiger partial charge on any atom is -0.495 e. The molecular formula is C17H16N2O4S. The molecule has 0 saturated carbocycles. The van der Waals surface area contributed by atoms with Gasteiger partial charge < -0.3 is 9.72 Å². The number of ether oxygens (including phenoxy) is 1. The lowest BCUT2D eigenvalue weighted by Crippen LogP contribution is -2.27. The van der Waals surface area contributed by atoms with Crippen LogP contribution in [0.4, 0.5) is 5.69 Å². The highest BCUT2D eigenvalue weighted by molar-refractivity contribution is 7.93. The number of H-pyrrole nitrogens is 1. The smallest absolute Gasteiger partial charge is 0.267 e. The van der Waals surface area contributed by atoms with Crippen LogP contribution in [0.5, 0.6) is 5.75 Å². The lowest BCUT2D eigenvalue weighted by molar-refractivity contribution is 0.112. The van der Waals surface area contributed by atoms with Crippen LogP contribution in [0.3, 0.4) is 0 Å². The van der Waals surface area contributed by atoms with Crippen LogP contribution in [-0.4, -0.2) is 33.8 Å². The van der Waals surface area contributed by atoms with E-state index in [9.17, 15) is 13.2 Å². The second-order valence-corrected chi connectivity index (χ2v) is 7.14. The fourth-order valence-electron chi connectivity index (χ4n) is 2.60. The first-order chi connectivity index (χ1) is 11.5. The van der Waals surface area contributed by atoms with Crippen molar-refractivity contribution in [3.63, 3.8) is 0 Å².